The van der Waals surface area contributed by atoms with E-state index in [1.807, 2.05) is 24.3 Å². The maximum atomic E-state index is 12.1. The molecule has 0 radical (unpaired) electrons. The van der Waals surface area contributed by atoms with Crippen LogP contribution in [-0.2, 0) is 4.79 Å². The molecule has 96 valence electrons. The molecule has 0 saturated heterocycles. The number of carbonyl (C=O) groups excluding carboxylic acids is 2. The molecule has 1 amide bonds. The first-order valence-corrected chi connectivity index (χ1v) is 6.25. The Balaban J connectivity index is 2.05. The summed E-state index contributed by atoms with van der Waals surface area (Å²) >= 11 is 0. The Hall–Kier alpha value is -2.81. The molecule has 0 aliphatic heterocycles. The Labute approximate surface area is 116 Å². The van der Waals surface area contributed by atoms with Gasteiger partial charge >= 0.3 is 0 Å². The van der Waals surface area contributed by atoms with Crippen molar-refractivity contribution in [3.63, 3.8) is 0 Å². The van der Waals surface area contributed by atoms with Crippen molar-refractivity contribution in [2.45, 2.75) is 0 Å². The van der Waals surface area contributed by atoms with Gasteiger partial charge in [0.05, 0.1) is 0 Å². The van der Waals surface area contributed by atoms with Crippen LogP contribution in [0.25, 0.3) is 6.08 Å². The minimum atomic E-state index is -0.404. The van der Waals surface area contributed by atoms with Gasteiger partial charge in [-0.2, -0.15) is 0 Å². The molecule has 0 saturated carbocycles. The molecule has 1 aliphatic rings. The average Bonchev–Trinajstić information content (AvgIpc) is 2.51. The topological polar surface area (TPSA) is 46.5 Å². The zero-order valence-corrected chi connectivity index (χ0v) is 10.6. The highest BCUT2D eigenvalue weighted by molar-refractivity contribution is 6.53. The maximum Gasteiger partial charge on any atom is 0.277 e. The highest BCUT2D eigenvalue weighted by Crippen LogP contribution is 2.18. The lowest BCUT2D eigenvalue weighted by molar-refractivity contribution is -0.108. The quantitative estimate of drug-likeness (QED) is 0.792. The normalized spacial score (nSPS) is 15.2. The summed E-state index contributed by atoms with van der Waals surface area (Å²) < 4.78 is 0. The van der Waals surface area contributed by atoms with Gasteiger partial charge in [0.25, 0.3) is 5.91 Å². The van der Waals surface area contributed by atoms with E-state index in [1.54, 1.807) is 36.4 Å². The van der Waals surface area contributed by atoms with Crippen LogP contribution in [0.4, 0.5) is 0 Å². The van der Waals surface area contributed by atoms with E-state index in [2.05, 4.69) is 4.99 Å². The van der Waals surface area contributed by atoms with Gasteiger partial charge in [0.2, 0.25) is 5.78 Å². The zero-order valence-electron chi connectivity index (χ0n) is 10.6. The third-order valence-corrected chi connectivity index (χ3v) is 3.10. The largest absolute Gasteiger partial charge is 0.288 e. The first kappa shape index (κ1) is 12.2. The summed E-state index contributed by atoms with van der Waals surface area (Å²) in [6.07, 6.45) is 3.18. The average molecular weight is 261 g/mol. The van der Waals surface area contributed by atoms with E-state index < -0.39 is 5.91 Å². The smallest absolute Gasteiger partial charge is 0.277 e. The highest BCUT2D eigenvalue weighted by atomic mass is 16.2. The fraction of sp³-hybridized carbons (Fsp3) is 0. The Morgan fingerprint density at radius 2 is 1.55 bits per heavy atom. The van der Waals surface area contributed by atoms with Crippen LogP contribution < -0.4 is 0 Å². The van der Waals surface area contributed by atoms with Crippen molar-refractivity contribution in [1.82, 2.24) is 0 Å². The van der Waals surface area contributed by atoms with Crippen molar-refractivity contribution < 1.29 is 9.59 Å². The van der Waals surface area contributed by atoms with Crippen molar-refractivity contribution in [3.8, 4) is 0 Å². The molecule has 0 aromatic heterocycles. The van der Waals surface area contributed by atoms with Crippen LogP contribution in [-0.4, -0.2) is 17.4 Å². The number of allylic oxidation sites excluding steroid dienone is 1. The number of hydrogen-bond donors (Lipinski definition) is 0. The standard InChI is InChI=1S/C17H11NO2/c19-15-11-10-12-6-4-5-9-14(12)16(15)18-17(20)13-7-2-1-3-8-13/h1-11H. The zero-order chi connectivity index (χ0) is 13.9. The Bertz CT molecular complexity index is 743. The van der Waals surface area contributed by atoms with E-state index in [-0.39, 0.29) is 11.5 Å². The van der Waals surface area contributed by atoms with Crippen molar-refractivity contribution in [2.24, 2.45) is 4.99 Å². The lowest BCUT2D eigenvalue weighted by atomic mass is 9.94. The first-order chi connectivity index (χ1) is 9.75. The number of ketones is 1. The van der Waals surface area contributed by atoms with Gasteiger partial charge in [0.1, 0.15) is 5.71 Å². The van der Waals surface area contributed by atoms with Crippen LogP contribution >= 0.6 is 0 Å². The van der Waals surface area contributed by atoms with Gasteiger partial charge < -0.3 is 0 Å². The molecule has 0 heterocycles. The fourth-order valence-electron chi connectivity index (χ4n) is 2.10. The number of amides is 1. The number of aliphatic imine (C=N–C) groups is 1. The summed E-state index contributed by atoms with van der Waals surface area (Å²) in [6, 6.07) is 16.1. The summed E-state index contributed by atoms with van der Waals surface area (Å²) in [6.45, 7) is 0. The molecule has 0 unspecified atom stereocenters. The highest BCUT2D eigenvalue weighted by Gasteiger charge is 2.20. The molecule has 0 spiro atoms. The molecule has 20 heavy (non-hydrogen) atoms. The molecular formula is C17H11NO2. The minimum Gasteiger partial charge on any atom is -0.288 e. The fourth-order valence-corrected chi connectivity index (χ4v) is 2.10. The van der Waals surface area contributed by atoms with Crippen molar-refractivity contribution in [1.29, 1.82) is 0 Å². The van der Waals surface area contributed by atoms with Crippen LogP contribution in [0.3, 0.4) is 0 Å². The second-order valence-corrected chi connectivity index (χ2v) is 4.42. The lowest BCUT2D eigenvalue weighted by Gasteiger charge is -2.11. The molecule has 3 rings (SSSR count). The van der Waals surface area contributed by atoms with Crippen LogP contribution in [0.15, 0.2) is 65.7 Å². The molecular weight excluding hydrogens is 250 g/mol. The van der Waals surface area contributed by atoms with Crippen LogP contribution in [0.2, 0.25) is 0 Å². The van der Waals surface area contributed by atoms with Gasteiger partial charge in [-0.15, -0.1) is 0 Å². The van der Waals surface area contributed by atoms with E-state index in [4.69, 9.17) is 0 Å². The second kappa shape index (κ2) is 5.05. The maximum absolute atomic E-state index is 12.1. The van der Waals surface area contributed by atoms with Gasteiger partial charge in [-0.3, -0.25) is 9.59 Å². The molecule has 0 atom stereocenters. The molecule has 0 bridgehead atoms. The Kier molecular flexibility index (Phi) is 3.09. The second-order valence-electron chi connectivity index (χ2n) is 4.42. The SMILES string of the molecule is O=C1C=Cc2ccccc2C1=NC(=O)c1ccccc1. The van der Waals surface area contributed by atoms with Gasteiger partial charge in [-0.05, 0) is 23.8 Å². The molecule has 3 heteroatoms. The van der Waals surface area contributed by atoms with E-state index in [9.17, 15) is 9.59 Å². The summed E-state index contributed by atoms with van der Waals surface area (Å²) in [4.78, 5) is 28.1. The lowest BCUT2D eigenvalue weighted by Crippen LogP contribution is -2.19. The third-order valence-electron chi connectivity index (χ3n) is 3.10. The van der Waals surface area contributed by atoms with Crippen molar-refractivity contribution >= 4 is 23.5 Å². The van der Waals surface area contributed by atoms with Gasteiger partial charge in [-0.1, -0.05) is 48.5 Å². The molecule has 2 aromatic carbocycles. The molecule has 0 N–H and O–H groups in total. The predicted molar refractivity (Wildman–Crippen MR) is 77.8 cm³/mol. The number of fused-ring (bicyclic) bond motifs is 1. The summed E-state index contributed by atoms with van der Waals surface area (Å²) in [5.74, 6) is -0.646. The van der Waals surface area contributed by atoms with Crippen LogP contribution in [0, 0.1) is 0 Å². The third kappa shape index (κ3) is 2.21. The number of nitrogens with zero attached hydrogens (tertiary/aromatic N) is 1. The monoisotopic (exact) mass is 261 g/mol. The van der Waals surface area contributed by atoms with E-state index in [0.717, 1.165) is 5.56 Å². The Morgan fingerprint density at radius 1 is 0.850 bits per heavy atom. The summed E-state index contributed by atoms with van der Waals surface area (Å²) in [7, 11) is 0. The van der Waals surface area contributed by atoms with E-state index in [1.165, 1.54) is 6.08 Å². The molecule has 0 fully saturated rings. The van der Waals surface area contributed by atoms with Crippen LogP contribution in [0.1, 0.15) is 21.5 Å². The number of hydrogen-bond acceptors (Lipinski definition) is 2. The van der Waals surface area contributed by atoms with Gasteiger partial charge in [0.15, 0.2) is 0 Å². The first-order valence-electron chi connectivity index (χ1n) is 6.25. The number of benzene rings is 2. The predicted octanol–water partition coefficient (Wildman–Crippen LogP) is 2.91. The summed E-state index contributed by atoms with van der Waals surface area (Å²) in [5, 5.41) is 0. The Morgan fingerprint density at radius 3 is 2.35 bits per heavy atom. The molecule has 3 nitrogen and oxygen atoms in total. The minimum absolute atomic E-state index is 0.206. The number of rotatable bonds is 1. The van der Waals surface area contributed by atoms with Gasteiger partial charge in [0, 0.05) is 11.1 Å². The van der Waals surface area contributed by atoms with Crippen LogP contribution in [0.5, 0.6) is 0 Å². The van der Waals surface area contributed by atoms with E-state index in [0.29, 0.717) is 11.1 Å². The van der Waals surface area contributed by atoms with Gasteiger partial charge in [-0.25, -0.2) is 4.99 Å². The van der Waals surface area contributed by atoms with Crippen molar-refractivity contribution in [2.75, 3.05) is 0 Å². The van der Waals surface area contributed by atoms with Crippen molar-refractivity contribution in [3.05, 3.63) is 77.4 Å². The van der Waals surface area contributed by atoms with E-state index >= 15 is 0 Å². The number of carbonyl (C=O) groups is 2. The molecule has 2 aromatic rings. The summed E-state index contributed by atoms with van der Waals surface area (Å²) in [5.41, 5.74) is 2.27. The molecule has 1 aliphatic carbocycles.